The maximum Gasteiger partial charge on any atom is 0.257 e. The zero-order valence-electron chi connectivity index (χ0n) is 27.7. The molecule has 0 heterocycles. The van der Waals surface area contributed by atoms with Crippen molar-refractivity contribution in [1.82, 2.24) is 9.80 Å². The monoisotopic (exact) mass is 586 g/mol. The number of nitrogens with zero attached hydrogens (tertiary/aromatic N) is 2. The average Bonchev–Trinajstić information content (AvgIpc) is 2.82. The molecule has 0 atom stereocenters. The van der Waals surface area contributed by atoms with Crippen LogP contribution in [-0.2, 0) is 0 Å². The van der Waals surface area contributed by atoms with Crippen LogP contribution < -0.4 is 8.85 Å². The van der Waals surface area contributed by atoms with Crippen molar-refractivity contribution in [2.75, 3.05) is 26.2 Å². The van der Waals surface area contributed by atoms with E-state index in [0.717, 1.165) is 10.8 Å². The van der Waals surface area contributed by atoms with Crippen molar-refractivity contribution in [2.45, 2.75) is 106 Å². The van der Waals surface area contributed by atoms with Gasteiger partial charge >= 0.3 is 0 Å². The van der Waals surface area contributed by atoms with E-state index >= 15 is 0 Å². The number of benzene rings is 2. The lowest BCUT2D eigenvalue weighted by Gasteiger charge is -2.38. The summed E-state index contributed by atoms with van der Waals surface area (Å²) in [6, 6.07) is 7.79. The van der Waals surface area contributed by atoms with E-state index in [1.807, 2.05) is 61.8 Å². The Morgan fingerprint density at radius 3 is 1.10 bits per heavy atom. The molecular weight excluding hydrogens is 533 g/mol. The zero-order valence-corrected chi connectivity index (χ0v) is 29.7. The first kappa shape index (κ1) is 33.9. The molecule has 2 aromatic carbocycles. The summed E-state index contributed by atoms with van der Waals surface area (Å²) in [5.41, 5.74) is 1.12. The predicted octanol–water partition coefficient (Wildman–Crippen LogP) is 8.57. The van der Waals surface area contributed by atoms with E-state index in [9.17, 15) is 9.59 Å². The van der Waals surface area contributed by atoms with Crippen molar-refractivity contribution in [1.29, 1.82) is 0 Å². The quantitative estimate of drug-likeness (QED) is 0.262. The molecule has 2 aromatic rings. The van der Waals surface area contributed by atoms with Gasteiger partial charge in [0.25, 0.3) is 28.4 Å². The summed E-state index contributed by atoms with van der Waals surface area (Å²) in [6.07, 6.45) is 0. The third kappa shape index (κ3) is 7.11. The fourth-order valence-corrected chi connectivity index (χ4v) is 6.08. The molecule has 0 unspecified atom stereocenters. The van der Waals surface area contributed by atoms with E-state index in [1.165, 1.54) is 0 Å². The third-order valence-electron chi connectivity index (χ3n) is 8.94. The number of rotatable bonds is 10. The molecule has 224 valence electrons. The van der Waals surface area contributed by atoms with Crippen LogP contribution in [0.2, 0.25) is 36.3 Å². The summed E-state index contributed by atoms with van der Waals surface area (Å²) in [7, 11) is -4.52. The number of fused-ring (bicyclic) bond motifs is 1. The molecule has 0 spiro atoms. The molecule has 8 heteroatoms. The fraction of sp³-hybridized carbons (Fsp3) is 0.625. The fourth-order valence-electron chi connectivity index (χ4n) is 4.03. The maximum atomic E-state index is 13.8. The Morgan fingerprint density at radius 1 is 0.600 bits per heavy atom. The molecule has 0 radical (unpaired) electrons. The second-order valence-electron chi connectivity index (χ2n) is 13.7. The molecule has 0 fully saturated rings. The van der Waals surface area contributed by atoms with Crippen molar-refractivity contribution >= 4 is 39.2 Å². The Kier molecular flexibility index (Phi) is 10.4. The SMILES string of the molecule is CCN(CC)C(=O)c1cc2cc(O[Si](C)(C)C(C)(C)C)c(C(=O)N(CC)CC)cc2cc1O[Si](C)(C)C(C)(C)C. The minimum Gasteiger partial charge on any atom is -0.543 e. The first-order valence-electron chi connectivity index (χ1n) is 14.8. The molecule has 0 saturated heterocycles. The second-order valence-corrected chi connectivity index (χ2v) is 23.2. The molecule has 2 rings (SSSR count). The number of amides is 2. The molecule has 6 nitrogen and oxygen atoms in total. The van der Waals surface area contributed by atoms with Gasteiger partial charge in [0.1, 0.15) is 11.5 Å². The van der Waals surface area contributed by atoms with Crippen molar-refractivity contribution in [3.8, 4) is 11.5 Å². The van der Waals surface area contributed by atoms with Gasteiger partial charge in [0.2, 0.25) is 0 Å². The van der Waals surface area contributed by atoms with Crippen LogP contribution in [-0.4, -0.2) is 64.4 Å². The first-order valence-corrected chi connectivity index (χ1v) is 20.6. The Bertz CT molecular complexity index is 1120. The molecule has 0 aliphatic rings. The van der Waals surface area contributed by atoms with Gasteiger partial charge in [-0.1, -0.05) is 41.5 Å². The van der Waals surface area contributed by atoms with Crippen LogP contribution in [0, 0.1) is 0 Å². The molecule has 0 bridgehead atoms. The summed E-state index contributed by atoms with van der Waals surface area (Å²) in [6.45, 7) is 32.3. The molecule has 0 N–H and O–H groups in total. The lowest BCUT2D eigenvalue weighted by molar-refractivity contribution is 0.0762. The van der Waals surface area contributed by atoms with Crippen molar-refractivity contribution in [2.24, 2.45) is 0 Å². The van der Waals surface area contributed by atoms with Gasteiger partial charge < -0.3 is 18.7 Å². The Balaban J connectivity index is 2.93. The average molecular weight is 587 g/mol. The summed E-state index contributed by atoms with van der Waals surface area (Å²) in [4.78, 5) is 31.2. The minimum atomic E-state index is -2.26. The highest BCUT2D eigenvalue weighted by atomic mass is 28.4. The maximum absolute atomic E-state index is 13.8. The molecule has 0 aliphatic heterocycles. The van der Waals surface area contributed by atoms with E-state index in [1.54, 1.807) is 0 Å². The smallest absolute Gasteiger partial charge is 0.257 e. The molecule has 40 heavy (non-hydrogen) atoms. The third-order valence-corrected chi connectivity index (χ3v) is 17.6. The zero-order chi connectivity index (χ0) is 30.8. The molecular formula is C32H54N2O4Si2. The lowest BCUT2D eigenvalue weighted by atomic mass is 10.0. The summed E-state index contributed by atoms with van der Waals surface area (Å²) in [5, 5.41) is 1.65. The summed E-state index contributed by atoms with van der Waals surface area (Å²) < 4.78 is 13.6. The highest BCUT2D eigenvalue weighted by Gasteiger charge is 2.41. The molecule has 0 aliphatic carbocycles. The number of carbonyl (C=O) groups excluding carboxylic acids is 2. The van der Waals surface area contributed by atoms with Crippen LogP contribution in [0.3, 0.4) is 0 Å². The van der Waals surface area contributed by atoms with E-state index < -0.39 is 16.6 Å². The minimum absolute atomic E-state index is 0.0395. The predicted molar refractivity (Wildman–Crippen MR) is 174 cm³/mol. The standard InChI is InChI=1S/C32H54N2O4Si2/c1-15-33(16-2)29(35)25-19-23-22-28(38-40(13,14)32(8,9)10)26(30(36)34(17-3)18-4)20-24(23)21-27(25)37-39(11,12)31(5,6)7/h19-22H,15-18H2,1-14H3. The lowest BCUT2D eigenvalue weighted by Crippen LogP contribution is -2.44. The van der Waals surface area contributed by atoms with Gasteiger partial charge in [-0.15, -0.1) is 0 Å². The van der Waals surface area contributed by atoms with Crippen LogP contribution in [0.15, 0.2) is 24.3 Å². The van der Waals surface area contributed by atoms with E-state index in [4.69, 9.17) is 8.85 Å². The summed E-state index contributed by atoms with van der Waals surface area (Å²) in [5.74, 6) is 1.09. The van der Waals surface area contributed by atoms with Crippen LogP contribution in [0.4, 0.5) is 0 Å². The topological polar surface area (TPSA) is 59.1 Å². The number of hydrogen-bond acceptors (Lipinski definition) is 4. The Labute approximate surface area is 245 Å². The van der Waals surface area contributed by atoms with E-state index in [0.29, 0.717) is 48.8 Å². The van der Waals surface area contributed by atoms with Crippen LogP contribution in [0.25, 0.3) is 10.8 Å². The van der Waals surface area contributed by atoms with E-state index in [-0.39, 0.29) is 21.9 Å². The van der Waals surface area contributed by atoms with Gasteiger partial charge in [-0.05, 0) is 99.0 Å². The van der Waals surface area contributed by atoms with Gasteiger partial charge in [-0.25, -0.2) is 0 Å². The Morgan fingerprint density at radius 2 is 0.875 bits per heavy atom. The van der Waals surface area contributed by atoms with Gasteiger partial charge in [0.05, 0.1) is 11.1 Å². The summed E-state index contributed by atoms with van der Waals surface area (Å²) >= 11 is 0. The number of hydrogen-bond donors (Lipinski definition) is 0. The van der Waals surface area contributed by atoms with Gasteiger partial charge in [0.15, 0.2) is 0 Å². The van der Waals surface area contributed by atoms with Crippen molar-refractivity contribution in [3.63, 3.8) is 0 Å². The number of carbonyl (C=O) groups is 2. The highest BCUT2D eigenvalue weighted by molar-refractivity contribution is 6.75. The van der Waals surface area contributed by atoms with Crippen LogP contribution in [0.5, 0.6) is 11.5 Å². The largest absolute Gasteiger partial charge is 0.543 e. The van der Waals surface area contributed by atoms with Crippen molar-refractivity contribution < 1.29 is 18.4 Å². The molecule has 0 aromatic heterocycles. The van der Waals surface area contributed by atoms with Crippen LogP contribution >= 0.6 is 0 Å². The molecule has 2 amide bonds. The normalized spacial score (nSPS) is 12.8. The van der Waals surface area contributed by atoms with Gasteiger partial charge in [0, 0.05) is 26.2 Å². The Hall–Kier alpha value is -2.33. The van der Waals surface area contributed by atoms with Crippen LogP contribution in [0.1, 0.15) is 90.0 Å². The van der Waals surface area contributed by atoms with E-state index in [2.05, 4.69) is 67.7 Å². The second kappa shape index (κ2) is 12.3. The first-order chi connectivity index (χ1) is 18.2. The molecule has 0 saturated carbocycles. The van der Waals surface area contributed by atoms with Crippen molar-refractivity contribution in [3.05, 3.63) is 35.4 Å². The van der Waals surface area contributed by atoms with Gasteiger partial charge in [-0.2, -0.15) is 0 Å². The highest BCUT2D eigenvalue weighted by Crippen LogP contribution is 2.42. The van der Waals surface area contributed by atoms with Gasteiger partial charge in [-0.3, -0.25) is 9.59 Å².